The van der Waals surface area contributed by atoms with Gasteiger partial charge in [0.05, 0.1) is 23.3 Å². The number of aromatic nitrogens is 1. The van der Waals surface area contributed by atoms with Gasteiger partial charge in [-0.3, -0.25) is 5.32 Å². The Bertz CT molecular complexity index is 421. The van der Waals surface area contributed by atoms with Gasteiger partial charge in [0.15, 0.2) is 5.82 Å². The number of nitrogens with one attached hydrogen (secondary N) is 1. The fourth-order valence-corrected chi connectivity index (χ4v) is 1.69. The molecule has 1 N–H and O–H groups in total. The Morgan fingerprint density at radius 3 is 2.89 bits per heavy atom. The molecule has 0 radical (unpaired) electrons. The zero-order chi connectivity index (χ0) is 13.6. The lowest BCUT2D eigenvalue weighted by Crippen LogP contribution is -2.27. The zero-order valence-corrected chi connectivity index (χ0v) is 11.8. The van der Waals surface area contributed by atoms with Gasteiger partial charge in [-0.25, -0.2) is 9.78 Å². The van der Waals surface area contributed by atoms with Crippen molar-refractivity contribution in [1.29, 1.82) is 0 Å². The van der Waals surface area contributed by atoms with E-state index >= 15 is 0 Å². The SMILES string of the molecule is CCO/C=C/c1scnc1NC(=O)OC(C)(C)C. The van der Waals surface area contributed by atoms with Crippen molar-refractivity contribution in [3.8, 4) is 0 Å². The Kier molecular flexibility index (Phi) is 5.15. The van der Waals surface area contributed by atoms with Crippen molar-refractivity contribution in [2.45, 2.75) is 33.3 Å². The number of rotatable bonds is 4. The summed E-state index contributed by atoms with van der Waals surface area (Å²) in [6.07, 6.45) is 2.82. The van der Waals surface area contributed by atoms with Crippen molar-refractivity contribution in [2.24, 2.45) is 0 Å². The first-order valence-electron chi connectivity index (χ1n) is 5.64. The molecule has 1 amide bonds. The van der Waals surface area contributed by atoms with E-state index < -0.39 is 11.7 Å². The van der Waals surface area contributed by atoms with Gasteiger partial charge in [0.25, 0.3) is 0 Å². The van der Waals surface area contributed by atoms with Gasteiger partial charge in [-0.15, -0.1) is 11.3 Å². The summed E-state index contributed by atoms with van der Waals surface area (Å²) in [4.78, 5) is 16.5. The lowest BCUT2D eigenvalue weighted by atomic mass is 10.2. The first-order valence-corrected chi connectivity index (χ1v) is 6.52. The van der Waals surface area contributed by atoms with Crippen LogP contribution in [0, 0.1) is 0 Å². The summed E-state index contributed by atoms with van der Waals surface area (Å²) >= 11 is 1.41. The van der Waals surface area contributed by atoms with Gasteiger partial charge in [-0.05, 0) is 33.8 Å². The third kappa shape index (κ3) is 5.18. The van der Waals surface area contributed by atoms with E-state index in [0.29, 0.717) is 12.4 Å². The lowest BCUT2D eigenvalue weighted by molar-refractivity contribution is 0.0635. The molecule has 0 saturated carbocycles. The Hall–Kier alpha value is -1.56. The molecule has 0 fully saturated rings. The monoisotopic (exact) mass is 270 g/mol. The minimum Gasteiger partial charge on any atom is -0.501 e. The number of hydrogen-bond donors (Lipinski definition) is 1. The average Bonchev–Trinajstić information content (AvgIpc) is 2.63. The molecule has 100 valence electrons. The Morgan fingerprint density at radius 2 is 2.28 bits per heavy atom. The van der Waals surface area contributed by atoms with Gasteiger partial charge in [-0.1, -0.05) is 0 Å². The minimum atomic E-state index is -0.526. The quantitative estimate of drug-likeness (QED) is 0.851. The summed E-state index contributed by atoms with van der Waals surface area (Å²) in [7, 11) is 0. The molecular weight excluding hydrogens is 252 g/mol. The van der Waals surface area contributed by atoms with Crippen LogP contribution in [-0.2, 0) is 9.47 Å². The highest BCUT2D eigenvalue weighted by atomic mass is 32.1. The molecule has 0 aromatic carbocycles. The second-order valence-corrected chi connectivity index (χ2v) is 5.34. The van der Waals surface area contributed by atoms with Crippen LogP contribution >= 0.6 is 11.3 Å². The molecule has 1 heterocycles. The summed E-state index contributed by atoms with van der Waals surface area (Å²) in [5, 5.41) is 2.61. The highest BCUT2D eigenvalue weighted by Crippen LogP contribution is 2.21. The predicted molar refractivity (Wildman–Crippen MR) is 72.6 cm³/mol. The van der Waals surface area contributed by atoms with Crippen molar-refractivity contribution >= 4 is 29.3 Å². The van der Waals surface area contributed by atoms with Crippen LogP contribution in [0.15, 0.2) is 11.8 Å². The van der Waals surface area contributed by atoms with Gasteiger partial charge in [0.1, 0.15) is 5.60 Å². The molecule has 0 saturated heterocycles. The Balaban J connectivity index is 2.62. The van der Waals surface area contributed by atoms with Crippen LogP contribution in [0.25, 0.3) is 6.08 Å². The molecule has 0 atom stereocenters. The molecule has 0 unspecified atom stereocenters. The van der Waals surface area contributed by atoms with Gasteiger partial charge >= 0.3 is 6.09 Å². The highest BCUT2D eigenvalue weighted by Gasteiger charge is 2.17. The number of anilines is 1. The van der Waals surface area contributed by atoms with Crippen molar-refractivity contribution in [3.05, 3.63) is 16.6 Å². The maximum Gasteiger partial charge on any atom is 0.413 e. The number of carbonyl (C=O) groups is 1. The third-order valence-corrected chi connectivity index (χ3v) is 2.49. The van der Waals surface area contributed by atoms with Crippen LogP contribution in [0.3, 0.4) is 0 Å². The van der Waals surface area contributed by atoms with E-state index in [0.717, 1.165) is 4.88 Å². The molecule has 6 heteroatoms. The zero-order valence-electron chi connectivity index (χ0n) is 11.0. The smallest absolute Gasteiger partial charge is 0.413 e. The van der Waals surface area contributed by atoms with Crippen molar-refractivity contribution < 1.29 is 14.3 Å². The van der Waals surface area contributed by atoms with Gasteiger partial charge in [0, 0.05) is 0 Å². The van der Waals surface area contributed by atoms with Crippen molar-refractivity contribution in [2.75, 3.05) is 11.9 Å². The third-order valence-electron chi connectivity index (χ3n) is 1.70. The summed E-state index contributed by atoms with van der Waals surface area (Å²) in [6.45, 7) is 7.93. The van der Waals surface area contributed by atoms with E-state index in [2.05, 4.69) is 10.3 Å². The van der Waals surface area contributed by atoms with Crippen LogP contribution < -0.4 is 5.32 Å². The molecule has 0 aliphatic heterocycles. The van der Waals surface area contributed by atoms with Gasteiger partial charge < -0.3 is 9.47 Å². The summed E-state index contributed by atoms with van der Waals surface area (Å²) in [6, 6.07) is 0. The summed E-state index contributed by atoms with van der Waals surface area (Å²) < 4.78 is 10.3. The highest BCUT2D eigenvalue weighted by molar-refractivity contribution is 7.11. The topological polar surface area (TPSA) is 60.5 Å². The first kappa shape index (κ1) is 14.5. The van der Waals surface area contributed by atoms with Crippen LogP contribution in [0.5, 0.6) is 0 Å². The molecule has 18 heavy (non-hydrogen) atoms. The number of amides is 1. The molecule has 5 nitrogen and oxygen atoms in total. The average molecular weight is 270 g/mol. The van der Waals surface area contributed by atoms with Gasteiger partial charge in [0.2, 0.25) is 0 Å². The van der Waals surface area contributed by atoms with E-state index in [-0.39, 0.29) is 0 Å². The van der Waals surface area contributed by atoms with E-state index in [1.165, 1.54) is 11.3 Å². The molecular formula is C12H18N2O3S. The predicted octanol–water partition coefficient (Wildman–Crippen LogP) is 3.50. The maximum atomic E-state index is 11.6. The van der Waals surface area contributed by atoms with E-state index in [9.17, 15) is 4.79 Å². The van der Waals surface area contributed by atoms with Gasteiger partial charge in [-0.2, -0.15) is 0 Å². The second kappa shape index (κ2) is 6.39. The Morgan fingerprint density at radius 1 is 1.56 bits per heavy atom. The second-order valence-electron chi connectivity index (χ2n) is 4.45. The largest absolute Gasteiger partial charge is 0.501 e. The number of ether oxygens (including phenoxy) is 2. The Labute approximate surface area is 111 Å². The molecule has 1 aromatic rings. The summed E-state index contributed by atoms with van der Waals surface area (Å²) in [5.41, 5.74) is 1.12. The number of carbonyl (C=O) groups excluding carboxylic acids is 1. The molecule has 1 rings (SSSR count). The molecule has 0 aliphatic rings. The van der Waals surface area contributed by atoms with Crippen LogP contribution in [-0.4, -0.2) is 23.3 Å². The van der Waals surface area contributed by atoms with Crippen LogP contribution in [0.2, 0.25) is 0 Å². The fourth-order valence-electron chi connectivity index (χ4n) is 1.07. The fraction of sp³-hybridized carbons (Fsp3) is 0.500. The van der Waals surface area contributed by atoms with Crippen LogP contribution in [0.4, 0.5) is 10.6 Å². The van der Waals surface area contributed by atoms with Crippen molar-refractivity contribution in [3.63, 3.8) is 0 Å². The standard InChI is InChI=1S/C12H18N2O3S/c1-5-16-7-6-9-10(13-8-18-9)14-11(15)17-12(2,3)4/h6-8H,5H2,1-4H3,(H,14,15)/b7-6+. The normalized spacial score (nSPS) is 11.6. The maximum absolute atomic E-state index is 11.6. The van der Waals surface area contributed by atoms with E-state index in [4.69, 9.17) is 9.47 Å². The number of nitrogens with zero attached hydrogens (tertiary/aromatic N) is 1. The van der Waals surface area contributed by atoms with Crippen molar-refractivity contribution in [1.82, 2.24) is 4.98 Å². The molecule has 0 bridgehead atoms. The molecule has 0 spiro atoms. The molecule has 1 aromatic heterocycles. The van der Waals surface area contributed by atoms with Crippen LogP contribution in [0.1, 0.15) is 32.6 Å². The first-order chi connectivity index (χ1) is 8.42. The lowest BCUT2D eigenvalue weighted by Gasteiger charge is -2.19. The number of thiazole rings is 1. The number of hydrogen-bond acceptors (Lipinski definition) is 5. The summed E-state index contributed by atoms with van der Waals surface area (Å²) in [5.74, 6) is 0.477. The van der Waals surface area contributed by atoms with E-state index in [1.807, 2.05) is 27.7 Å². The van der Waals surface area contributed by atoms with E-state index in [1.54, 1.807) is 17.8 Å². The minimum absolute atomic E-state index is 0.477. The molecule has 0 aliphatic carbocycles.